The number of H-pyrrole nitrogens is 1. The first kappa shape index (κ1) is 25.3. The number of fused-ring (bicyclic) bond motifs is 1. The van der Waals surface area contributed by atoms with Crippen molar-refractivity contribution in [3.63, 3.8) is 0 Å². The summed E-state index contributed by atoms with van der Waals surface area (Å²) in [4.78, 5) is 30.2. The third-order valence-corrected chi connectivity index (χ3v) is 7.45. The van der Waals surface area contributed by atoms with E-state index in [1.165, 1.54) is 30.9 Å². The first-order valence-electron chi connectivity index (χ1n) is 11.4. The number of ether oxygens (including phenoxy) is 1. The molecule has 188 valence electrons. The number of nitrogens with zero attached hydrogens (tertiary/aromatic N) is 1. The summed E-state index contributed by atoms with van der Waals surface area (Å²) in [6, 6.07) is 15.4. The summed E-state index contributed by atoms with van der Waals surface area (Å²) >= 11 is 0. The number of carbonyl (C=O) groups is 1. The Morgan fingerprint density at radius 3 is 2.75 bits per heavy atom. The molecular weight excluding hydrogens is 483 g/mol. The van der Waals surface area contributed by atoms with Crippen LogP contribution in [0.3, 0.4) is 0 Å². The van der Waals surface area contributed by atoms with Crippen molar-refractivity contribution in [3.05, 3.63) is 105 Å². The third kappa shape index (κ3) is 5.89. The van der Waals surface area contributed by atoms with Crippen LogP contribution in [0.1, 0.15) is 27.2 Å². The predicted molar refractivity (Wildman–Crippen MR) is 135 cm³/mol. The van der Waals surface area contributed by atoms with Gasteiger partial charge in [0.2, 0.25) is 0 Å². The van der Waals surface area contributed by atoms with Crippen molar-refractivity contribution in [2.75, 3.05) is 20.2 Å². The monoisotopic (exact) mass is 510 g/mol. The van der Waals surface area contributed by atoms with E-state index in [1.807, 2.05) is 18.2 Å². The standard InChI is InChI=1S/C26H27FN4O4S/c1-35-24-9-8-20(15-22(24)27)36(28,34)13-5-11-29-25(32)21-14-19-17-31(12-10-23(19)30-26(21)33)16-18-6-3-2-4-7-18/h2-9,13-15,28H,10-12,16-17H2,1H3,(H,29,32)(H,30,33)/b13-5+. The molecule has 3 N–H and O–H groups in total. The summed E-state index contributed by atoms with van der Waals surface area (Å²) in [5, 5.41) is 3.69. The molecule has 0 bridgehead atoms. The van der Waals surface area contributed by atoms with Crippen molar-refractivity contribution in [1.29, 1.82) is 4.78 Å². The zero-order chi connectivity index (χ0) is 25.7. The lowest BCUT2D eigenvalue weighted by atomic mass is 10.0. The second kappa shape index (κ2) is 10.9. The molecule has 2 heterocycles. The van der Waals surface area contributed by atoms with Gasteiger partial charge in [-0.2, -0.15) is 0 Å². The quantitative estimate of drug-likeness (QED) is 0.430. The number of aromatic nitrogens is 1. The van der Waals surface area contributed by atoms with Gasteiger partial charge in [-0.1, -0.05) is 36.4 Å². The van der Waals surface area contributed by atoms with E-state index in [0.29, 0.717) is 13.0 Å². The zero-order valence-corrected chi connectivity index (χ0v) is 20.6. The van der Waals surface area contributed by atoms with Gasteiger partial charge < -0.3 is 15.0 Å². The van der Waals surface area contributed by atoms with Gasteiger partial charge in [0.25, 0.3) is 11.5 Å². The van der Waals surface area contributed by atoms with E-state index in [9.17, 15) is 18.2 Å². The SMILES string of the molecule is COc1ccc(S(=N)(=O)/C=C/CNC(=O)c2cc3c([nH]c2=O)CCN(Cc2ccccc2)C3)cc1F. The smallest absolute Gasteiger partial charge is 0.261 e. The zero-order valence-electron chi connectivity index (χ0n) is 19.8. The Balaban J connectivity index is 1.40. The molecule has 0 radical (unpaired) electrons. The number of methoxy groups -OCH3 is 1. The summed E-state index contributed by atoms with van der Waals surface area (Å²) in [6.07, 6.45) is 2.04. The highest BCUT2D eigenvalue weighted by Crippen LogP contribution is 2.22. The number of hydrogen-bond donors (Lipinski definition) is 3. The Kier molecular flexibility index (Phi) is 7.66. The van der Waals surface area contributed by atoms with E-state index in [4.69, 9.17) is 9.52 Å². The minimum absolute atomic E-state index is 0.00690. The average Bonchev–Trinajstić information content (AvgIpc) is 2.87. The van der Waals surface area contributed by atoms with Crippen LogP contribution >= 0.6 is 0 Å². The molecule has 0 saturated heterocycles. The van der Waals surface area contributed by atoms with Gasteiger partial charge in [-0.05, 0) is 35.4 Å². The molecule has 2 aromatic carbocycles. The molecule has 10 heteroatoms. The Morgan fingerprint density at radius 1 is 1.25 bits per heavy atom. The number of hydrogen-bond acceptors (Lipinski definition) is 6. The van der Waals surface area contributed by atoms with Crippen molar-refractivity contribution < 1.29 is 18.1 Å². The highest BCUT2D eigenvalue weighted by Gasteiger charge is 2.21. The molecule has 4 rings (SSSR count). The van der Waals surface area contributed by atoms with Crippen molar-refractivity contribution in [2.45, 2.75) is 24.4 Å². The molecule has 1 amide bonds. The van der Waals surface area contributed by atoms with Crippen LogP contribution in [0.2, 0.25) is 0 Å². The molecule has 1 atom stereocenters. The van der Waals surface area contributed by atoms with E-state index < -0.39 is 27.0 Å². The van der Waals surface area contributed by atoms with Crippen LogP contribution in [0.25, 0.3) is 0 Å². The molecule has 1 aliphatic heterocycles. The van der Waals surface area contributed by atoms with Crippen LogP contribution in [0, 0.1) is 10.6 Å². The lowest BCUT2D eigenvalue weighted by Crippen LogP contribution is -2.35. The maximum atomic E-state index is 13.9. The van der Waals surface area contributed by atoms with E-state index in [1.54, 1.807) is 6.07 Å². The van der Waals surface area contributed by atoms with Crippen LogP contribution in [0.4, 0.5) is 4.39 Å². The largest absolute Gasteiger partial charge is 0.494 e. The Hall–Kier alpha value is -3.76. The molecule has 0 saturated carbocycles. The number of pyridine rings is 1. The van der Waals surface area contributed by atoms with Gasteiger partial charge in [0.1, 0.15) is 5.56 Å². The average molecular weight is 511 g/mol. The first-order valence-corrected chi connectivity index (χ1v) is 13.0. The van der Waals surface area contributed by atoms with Gasteiger partial charge in [0.15, 0.2) is 11.6 Å². The van der Waals surface area contributed by atoms with E-state index in [0.717, 1.165) is 35.8 Å². The molecule has 8 nitrogen and oxygen atoms in total. The summed E-state index contributed by atoms with van der Waals surface area (Å²) in [7, 11) is -2.11. The molecule has 36 heavy (non-hydrogen) atoms. The van der Waals surface area contributed by atoms with Crippen molar-refractivity contribution >= 4 is 15.6 Å². The highest BCUT2D eigenvalue weighted by atomic mass is 32.2. The number of carbonyl (C=O) groups excluding carboxylic acids is 1. The molecule has 1 aliphatic rings. The fourth-order valence-electron chi connectivity index (χ4n) is 4.06. The fourth-order valence-corrected chi connectivity index (χ4v) is 5.13. The van der Waals surface area contributed by atoms with Gasteiger partial charge in [-0.15, -0.1) is 0 Å². The van der Waals surface area contributed by atoms with Crippen molar-refractivity contribution in [1.82, 2.24) is 15.2 Å². The Bertz CT molecular complexity index is 1450. The second-order valence-corrected chi connectivity index (χ2v) is 10.4. The van der Waals surface area contributed by atoms with Crippen LogP contribution in [-0.2, 0) is 29.2 Å². The number of halogens is 1. The van der Waals surface area contributed by atoms with Gasteiger partial charge in [0.05, 0.1) is 21.7 Å². The molecule has 1 aromatic heterocycles. The van der Waals surface area contributed by atoms with Crippen molar-refractivity contribution in [2.24, 2.45) is 0 Å². The van der Waals surface area contributed by atoms with Crippen LogP contribution < -0.4 is 15.6 Å². The Morgan fingerprint density at radius 2 is 2.03 bits per heavy atom. The normalized spacial score (nSPS) is 15.3. The first-order chi connectivity index (χ1) is 17.3. The van der Waals surface area contributed by atoms with Crippen molar-refractivity contribution in [3.8, 4) is 5.75 Å². The van der Waals surface area contributed by atoms with Gasteiger partial charge >= 0.3 is 0 Å². The number of benzene rings is 2. The highest BCUT2D eigenvalue weighted by molar-refractivity contribution is 7.95. The number of amides is 1. The minimum Gasteiger partial charge on any atom is -0.494 e. The molecule has 0 spiro atoms. The maximum absolute atomic E-state index is 13.9. The number of aromatic amines is 1. The Labute approximate surface area is 208 Å². The fraction of sp³-hybridized carbons (Fsp3) is 0.231. The summed E-state index contributed by atoms with van der Waals surface area (Å²) in [5.41, 5.74) is 2.45. The third-order valence-electron chi connectivity index (χ3n) is 5.92. The molecule has 0 fully saturated rings. The van der Waals surface area contributed by atoms with Crippen LogP contribution in [0.15, 0.2) is 75.8 Å². The second-order valence-electron chi connectivity index (χ2n) is 8.44. The van der Waals surface area contributed by atoms with Crippen LogP contribution in [0.5, 0.6) is 5.75 Å². The summed E-state index contributed by atoms with van der Waals surface area (Å²) < 4.78 is 39.4. The van der Waals surface area contributed by atoms with E-state index in [2.05, 4.69) is 27.3 Å². The van der Waals surface area contributed by atoms with E-state index >= 15 is 0 Å². The minimum atomic E-state index is -3.42. The van der Waals surface area contributed by atoms with Crippen LogP contribution in [-0.4, -0.2) is 40.2 Å². The lowest BCUT2D eigenvalue weighted by molar-refractivity contribution is 0.0956. The summed E-state index contributed by atoms with van der Waals surface area (Å²) in [6.45, 7) is 2.14. The van der Waals surface area contributed by atoms with Gasteiger partial charge in [0, 0.05) is 43.7 Å². The maximum Gasteiger partial charge on any atom is 0.261 e. The molecule has 3 aromatic rings. The summed E-state index contributed by atoms with van der Waals surface area (Å²) in [5.74, 6) is -1.30. The van der Waals surface area contributed by atoms with E-state index in [-0.39, 0.29) is 22.8 Å². The lowest BCUT2D eigenvalue weighted by Gasteiger charge is -2.28. The van der Waals surface area contributed by atoms with Gasteiger partial charge in [-0.3, -0.25) is 14.5 Å². The molecule has 1 unspecified atom stereocenters. The predicted octanol–water partition coefficient (Wildman–Crippen LogP) is 3.43. The molecular formula is C26H27FN4O4S. The number of nitrogens with one attached hydrogen (secondary N) is 3. The number of rotatable bonds is 8. The van der Waals surface area contributed by atoms with Gasteiger partial charge in [-0.25, -0.2) is 13.4 Å². The topological polar surface area (TPSA) is 115 Å². The molecule has 0 aliphatic carbocycles.